The first-order valence-electron chi connectivity index (χ1n) is 15.9. The second-order valence-electron chi connectivity index (χ2n) is 11.8. The third kappa shape index (κ3) is 4.79. The van der Waals surface area contributed by atoms with Crippen LogP contribution in [-0.4, -0.2) is 11.7 Å². The maximum Gasteiger partial charge on any atom is 0.159 e. The minimum absolute atomic E-state index is 0.321. The average Bonchev–Trinajstić information content (AvgIpc) is 3.54. The Hall–Kier alpha value is -6.26. The van der Waals surface area contributed by atoms with Gasteiger partial charge in [-0.15, -0.1) is 0 Å². The molecule has 7 aromatic carbocycles. The molecule has 9 rings (SSSR count). The van der Waals surface area contributed by atoms with Crippen LogP contribution in [0.2, 0.25) is 0 Å². The summed E-state index contributed by atoms with van der Waals surface area (Å²) in [5, 5.41) is 8.19. The van der Waals surface area contributed by atoms with Gasteiger partial charge in [0.2, 0.25) is 0 Å². The number of furan rings is 1. The van der Waals surface area contributed by atoms with Crippen molar-refractivity contribution in [2.45, 2.75) is 6.17 Å². The molecule has 2 heterocycles. The summed E-state index contributed by atoms with van der Waals surface area (Å²) in [6, 6.07) is 56.8. The number of aliphatic imine (C=N–C) groups is 2. The van der Waals surface area contributed by atoms with Crippen molar-refractivity contribution >= 4 is 44.4 Å². The number of hydrogen-bond acceptors (Lipinski definition) is 4. The van der Waals surface area contributed by atoms with Gasteiger partial charge in [0.1, 0.15) is 23.2 Å². The van der Waals surface area contributed by atoms with Crippen LogP contribution in [0.4, 0.5) is 0 Å². The molecular weight excluding hydrogens is 574 g/mol. The summed E-state index contributed by atoms with van der Waals surface area (Å²) in [6.07, 6.45) is -0.321. The van der Waals surface area contributed by atoms with E-state index >= 15 is 0 Å². The lowest BCUT2D eigenvalue weighted by Crippen LogP contribution is -2.33. The minimum atomic E-state index is -0.321. The van der Waals surface area contributed by atoms with Crippen LogP contribution in [0.3, 0.4) is 0 Å². The maximum absolute atomic E-state index is 6.47. The van der Waals surface area contributed by atoms with E-state index in [4.69, 9.17) is 14.4 Å². The molecule has 0 radical (unpaired) electrons. The molecule has 4 heteroatoms. The molecule has 8 aromatic rings. The molecule has 0 bridgehead atoms. The molecule has 0 saturated carbocycles. The highest BCUT2D eigenvalue weighted by molar-refractivity contribution is 6.16. The molecule has 1 aromatic heterocycles. The lowest BCUT2D eigenvalue weighted by atomic mass is 9.91. The Balaban J connectivity index is 1.19. The fourth-order valence-corrected chi connectivity index (χ4v) is 6.72. The largest absolute Gasteiger partial charge is 0.456 e. The Bertz CT molecular complexity index is 2480. The van der Waals surface area contributed by atoms with Gasteiger partial charge in [-0.3, -0.25) is 0 Å². The van der Waals surface area contributed by atoms with Gasteiger partial charge in [0.25, 0.3) is 0 Å². The van der Waals surface area contributed by atoms with Crippen molar-refractivity contribution in [1.82, 2.24) is 5.32 Å². The molecule has 0 amide bonds. The van der Waals surface area contributed by atoms with E-state index in [0.29, 0.717) is 5.84 Å². The van der Waals surface area contributed by atoms with Crippen LogP contribution in [0.15, 0.2) is 178 Å². The molecule has 1 N–H and O–H groups in total. The first-order valence-corrected chi connectivity index (χ1v) is 15.9. The van der Waals surface area contributed by atoms with Crippen LogP contribution in [0, 0.1) is 0 Å². The van der Waals surface area contributed by atoms with Crippen LogP contribution in [0.1, 0.15) is 22.9 Å². The Kier molecular flexibility index (Phi) is 6.50. The fourth-order valence-electron chi connectivity index (χ4n) is 6.72. The number of benzene rings is 7. The molecule has 222 valence electrons. The van der Waals surface area contributed by atoms with Crippen molar-refractivity contribution in [3.8, 4) is 22.3 Å². The third-order valence-corrected chi connectivity index (χ3v) is 8.97. The van der Waals surface area contributed by atoms with Crippen molar-refractivity contribution in [2.24, 2.45) is 9.98 Å². The molecule has 0 fully saturated rings. The zero-order valence-corrected chi connectivity index (χ0v) is 25.5. The minimum Gasteiger partial charge on any atom is -0.456 e. The highest BCUT2D eigenvalue weighted by atomic mass is 16.3. The highest BCUT2D eigenvalue weighted by Gasteiger charge is 2.24. The van der Waals surface area contributed by atoms with Crippen molar-refractivity contribution in [2.75, 3.05) is 0 Å². The van der Waals surface area contributed by atoms with E-state index in [2.05, 4.69) is 127 Å². The summed E-state index contributed by atoms with van der Waals surface area (Å²) in [4.78, 5) is 10.1. The van der Waals surface area contributed by atoms with E-state index in [0.717, 1.165) is 71.9 Å². The molecule has 1 atom stereocenters. The topological polar surface area (TPSA) is 49.9 Å². The normalized spacial score (nSPS) is 14.6. The third-order valence-electron chi connectivity index (χ3n) is 8.97. The van der Waals surface area contributed by atoms with Crippen LogP contribution < -0.4 is 5.32 Å². The first kappa shape index (κ1) is 27.1. The van der Waals surface area contributed by atoms with E-state index in [1.807, 2.05) is 42.5 Å². The molecule has 0 aliphatic carbocycles. The predicted octanol–water partition coefficient (Wildman–Crippen LogP) is 10.6. The number of amidine groups is 2. The summed E-state index contributed by atoms with van der Waals surface area (Å²) in [6.45, 7) is 0. The summed E-state index contributed by atoms with van der Waals surface area (Å²) in [5.41, 5.74) is 9.49. The Morgan fingerprint density at radius 1 is 0.468 bits per heavy atom. The molecular formula is C43H29N3O. The smallest absolute Gasteiger partial charge is 0.159 e. The van der Waals surface area contributed by atoms with Crippen LogP contribution in [0.5, 0.6) is 0 Å². The predicted molar refractivity (Wildman–Crippen MR) is 194 cm³/mol. The maximum atomic E-state index is 6.47. The van der Waals surface area contributed by atoms with E-state index in [9.17, 15) is 0 Å². The number of nitrogens with one attached hydrogen (secondary N) is 1. The van der Waals surface area contributed by atoms with Gasteiger partial charge in [0.05, 0.1) is 0 Å². The molecule has 1 aliphatic heterocycles. The monoisotopic (exact) mass is 603 g/mol. The van der Waals surface area contributed by atoms with Crippen LogP contribution in [0.25, 0.3) is 55.0 Å². The van der Waals surface area contributed by atoms with Gasteiger partial charge in [-0.2, -0.15) is 0 Å². The summed E-state index contributed by atoms with van der Waals surface area (Å²) in [5.74, 6) is 1.52. The van der Waals surface area contributed by atoms with Crippen LogP contribution >= 0.6 is 0 Å². The SMILES string of the molecule is c1ccc(C2=NC(c3ccc(-c4cccc5oc6cc(-c7ccccc7)ccc6c45)c4ccccc34)NC(c3ccccc3)=N2)cc1. The van der Waals surface area contributed by atoms with Gasteiger partial charge in [-0.1, -0.05) is 146 Å². The molecule has 47 heavy (non-hydrogen) atoms. The second-order valence-corrected chi connectivity index (χ2v) is 11.8. The zero-order valence-electron chi connectivity index (χ0n) is 25.5. The van der Waals surface area contributed by atoms with Gasteiger partial charge in [-0.25, -0.2) is 9.98 Å². The Morgan fingerprint density at radius 3 is 1.91 bits per heavy atom. The van der Waals surface area contributed by atoms with E-state index in [1.165, 1.54) is 5.56 Å². The number of nitrogens with zero attached hydrogens (tertiary/aromatic N) is 2. The summed E-state index contributed by atoms with van der Waals surface area (Å²) < 4.78 is 6.47. The fraction of sp³-hybridized carbons (Fsp3) is 0.0233. The molecule has 0 spiro atoms. The van der Waals surface area contributed by atoms with Gasteiger partial charge in [0.15, 0.2) is 5.84 Å². The molecule has 0 saturated heterocycles. The summed E-state index contributed by atoms with van der Waals surface area (Å²) >= 11 is 0. The van der Waals surface area contributed by atoms with Crippen molar-refractivity contribution < 1.29 is 4.42 Å². The van der Waals surface area contributed by atoms with E-state index in [-0.39, 0.29) is 6.17 Å². The van der Waals surface area contributed by atoms with Crippen LogP contribution in [-0.2, 0) is 0 Å². The summed E-state index contributed by atoms with van der Waals surface area (Å²) in [7, 11) is 0. The van der Waals surface area contributed by atoms with Gasteiger partial charge < -0.3 is 9.73 Å². The Morgan fingerprint density at radius 2 is 1.15 bits per heavy atom. The van der Waals surface area contributed by atoms with Crippen molar-refractivity contribution in [3.63, 3.8) is 0 Å². The van der Waals surface area contributed by atoms with E-state index in [1.54, 1.807) is 0 Å². The Labute approximate surface area is 272 Å². The first-order chi connectivity index (χ1) is 23.3. The lowest BCUT2D eigenvalue weighted by Gasteiger charge is -2.25. The number of hydrogen-bond donors (Lipinski definition) is 1. The van der Waals surface area contributed by atoms with Gasteiger partial charge >= 0.3 is 0 Å². The standard InChI is InChI=1S/C43H29N3O/c1-4-13-28(14-5-1)31-23-24-37-39(27-31)47-38-22-12-21-35(40(37)38)34-25-26-36(33-20-11-10-19-32(33)34)43-45-41(29-15-6-2-7-16-29)44-42(46-43)30-17-8-3-9-18-30/h1-27,43H,(H,44,45,46). The molecule has 1 unspecified atom stereocenters. The molecule has 1 aliphatic rings. The van der Waals surface area contributed by atoms with Crippen molar-refractivity contribution in [3.05, 3.63) is 180 Å². The lowest BCUT2D eigenvalue weighted by molar-refractivity contribution is 0.669. The quantitative estimate of drug-likeness (QED) is 0.213. The average molecular weight is 604 g/mol. The van der Waals surface area contributed by atoms with E-state index < -0.39 is 0 Å². The zero-order chi connectivity index (χ0) is 31.2. The highest BCUT2D eigenvalue weighted by Crippen LogP contribution is 2.42. The van der Waals surface area contributed by atoms with Crippen molar-refractivity contribution in [1.29, 1.82) is 0 Å². The molecule has 4 nitrogen and oxygen atoms in total. The van der Waals surface area contributed by atoms with Gasteiger partial charge in [0, 0.05) is 27.5 Å². The number of rotatable bonds is 5. The second kappa shape index (κ2) is 11.3. The number of fused-ring (bicyclic) bond motifs is 4. The van der Waals surface area contributed by atoms with Gasteiger partial charge in [-0.05, 0) is 51.2 Å².